The van der Waals surface area contributed by atoms with Crippen LogP contribution in [-0.2, 0) is 6.54 Å². The molecule has 0 saturated heterocycles. The number of hydrogen-bond acceptors (Lipinski definition) is 3. The van der Waals surface area contributed by atoms with Crippen LogP contribution in [0.15, 0.2) is 29.3 Å². The first-order valence-electron chi connectivity index (χ1n) is 4.59. The lowest BCUT2D eigenvalue weighted by atomic mass is 10.2. The largest absolute Gasteiger partial charge is 0.296 e. The molecule has 0 radical (unpaired) electrons. The van der Waals surface area contributed by atoms with Crippen molar-refractivity contribution in [1.29, 1.82) is 0 Å². The van der Waals surface area contributed by atoms with Gasteiger partial charge in [0.25, 0.3) is 0 Å². The van der Waals surface area contributed by atoms with E-state index in [1.165, 1.54) is 5.56 Å². The van der Waals surface area contributed by atoms with Crippen molar-refractivity contribution in [3.05, 3.63) is 34.9 Å². The second kappa shape index (κ2) is 6.30. The Labute approximate surface area is 112 Å². The summed E-state index contributed by atoms with van der Waals surface area (Å²) in [6.07, 6.45) is 1.83. The molecule has 1 aromatic rings. The van der Waals surface area contributed by atoms with Crippen LogP contribution in [0.5, 0.6) is 0 Å². The van der Waals surface area contributed by atoms with Crippen molar-refractivity contribution in [3.63, 3.8) is 0 Å². The van der Waals surface area contributed by atoms with Crippen molar-refractivity contribution in [1.82, 2.24) is 10.4 Å². The SMILES string of the molecule is Clc1ccc(CNN2C=NCC2)cc1.I. The van der Waals surface area contributed by atoms with Crippen molar-refractivity contribution in [2.45, 2.75) is 6.54 Å². The molecule has 0 unspecified atom stereocenters. The van der Waals surface area contributed by atoms with E-state index in [0.717, 1.165) is 24.7 Å². The maximum atomic E-state index is 5.79. The van der Waals surface area contributed by atoms with E-state index in [1.807, 2.05) is 35.6 Å². The summed E-state index contributed by atoms with van der Waals surface area (Å²) in [4.78, 5) is 4.11. The number of nitrogens with one attached hydrogen (secondary N) is 1. The molecule has 0 fully saturated rings. The standard InChI is InChI=1S/C10H12ClN3.HI/c11-10-3-1-9(2-4-10)7-13-14-6-5-12-8-14;/h1-4,8,13H,5-7H2;1H. The van der Waals surface area contributed by atoms with Gasteiger partial charge in [0.05, 0.1) is 19.4 Å². The first-order chi connectivity index (χ1) is 6.84. The van der Waals surface area contributed by atoms with Crippen molar-refractivity contribution in [3.8, 4) is 0 Å². The smallest absolute Gasteiger partial charge is 0.0993 e. The van der Waals surface area contributed by atoms with Crippen LogP contribution in [0.25, 0.3) is 0 Å². The maximum Gasteiger partial charge on any atom is 0.0993 e. The van der Waals surface area contributed by atoms with Gasteiger partial charge >= 0.3 is 0 Å². The van der Waals surface area contributed by atoms with Gasteiger partial charge in [-0.15, -0.1) is 24.0 Å². The Balaban J connectivity index is 0.00000112. The highest BCUT2D eigenvalue weighted by atomic mass is 127. The topological polar surface area (TPSA) is 27.6 Å². The van der Waals surface area contributed by atoms with Gasteiger partial charge in [-0.1, -0.05) is 23.7 Å². The maximum absolute atomic E-state index is 5.79. The molecule has 3 nitrogen and oxygen atoms in total. The lowest BCUT2D eigenvalue weighted by molar-refractivity contribution is 0.338. The molecule has 15 heavy (non-hydrogen) atoms. The Morgan fingerprint density at radius 3 is 2.67 bits per heavy atom. The fourth-order valence-electron chi connectivity index (χ4n) is 1.29. The average molecular weight is 338 g/mol. The lowest BCUT2D eigenvalue weighted by Crippen LogP contribution is -2.34. The van der Waals surface area contributed by atoms with Crippen molar-refractivity contribution >= 4 is 41.9 Å². The number of halogens is 2. The molecule has 1 N–H and O–H groups in total. The minimum absolute atomic E-state index is 0. The zero-order chi connectivity index (χ0) is 9.80. The van der Waals surface area contributed by atoms with Gasteiger partial charge in [0.15, 0.2) is 0 Å². The Kier molecular flexibility index (Phi) is 5.35. The van der Waals surface area contributed by atoms with Crippen molar-refractivity contribution < 1.29 is 0 Å². The van der Waals surface area contributed by atoms with E-state index in [0.29, 0.717) is 0 Å². The molecule has 1 aromatic carbocycles. The number of nitrogens with zero attached hydrogens (tertiary/aromatic N) is 2. The first kappa shape index (κ1) is 12.7. The minimum Gasteiger partial charge on any atom is -0.296 e. The third kappa shape index (κ3) is 3.96. The Morgan fingerprint density at radius 1 is 1.33 bits per heavy atom. The zero-order valence-corrected chi connectivity index (χ0v) is 11.3. The van der Waals surface area contributed by atoms with Crippen molar-refractivity contribution in [2.75, 3.05) is 13.1 Å². The molecule has 1 aliphatic rings. The second-order valence-corrected chi connectivity index (χ2v) is 3.61. The van der Waals surface area contributed by atoms with Crippen LogP contribution in [0, 0.1) is 0 Å². The van der Waals surface area contributed by atoms with Crippen LogP contribution in [0.2, 0.25) is 5.02 Å². The first-order valence-corrected chi connectivity index (χ1v) is 4.97. The molecule has 0 spiro atoms. The molecule has 82 valence electrons. The van der Waals surface area contributed by atoms with E-state index >= 15 is 0 Å². The summed E-state index contributed by atoms with van der Waals surface area (Å²) in [6.45, 7) is 2.64. The van der Waals surface area contributed by atoms with E-state index in [-0.39, 0.29) is 24.0 Å². The molecule has 1 heterocycles. The molecule has 0 bridgehead atoms. The molecular weight excluding hydrogens is 324 g/mol. The normalized spacial score (nSPS) is 14.1. The summed E-state index contributed by atoms with van der Waals surface area (Å²) in [7, 11) is 0. The summed E-state index contributed by atoms with van der Waals surface area (Å²) in [5, 5.41) is 2.77. The summed E-state index contributed by atoms with van der Waals surface area (Å²) in [5.41, 5.74) is 4.48. The van der Waals surface area contributed by atoms with Gasteiger partial charge in [-0.05, 0) is 17.7 Å². The van der Waals surface area contributed by atoms with Gasteiger partial charge < -0.3 is 0 Å². The quantitative estimate of drug-likeness (QED) is 0.857. The Hall–Kier alpha value is -0.330. The summed E-state index contributed by atoms with van der Waals surface area (Å²) in [5.74, 6) is 0. The molecule has 0 saturated carbocycles. The molecule has 2 rings (SSSR count). The predicted molar refractivity (Wildman–Crippen MR) is 73.8 cm³/mol. The number of benzene rings is 1. The lowest BCUT2D eigenvalue weighted by Gasteiger charge is -2.15. The van der Waals surface area contributed by atoms with E-state index < -0.39 is 0 Å². The highest BCUT2D eigenvalue weighted by molar-refractivity contribution is 14.0. The third-order valence-corrected chi connectivity index (χ3v) is 2.34. The van der Waals surface area contributed by atoms with Crippen LogP contribution in [0.4, 0.5) is 0 Å². The van der Waals surface area contributed by atoms with Gasteiger partial charge in [-0.2, -0.15) is 0 Å². The third-order valence-electron chi connectivity index (χ3n) is 2.09. The Morgan fingerprint density at radius 2 is 2.07 bits per heavy atom. The summed E-state index contributed by atoms with van der Waals surface area (Å²) < 4.78 is 0. The molecular formula is C10H13ClIN3. The van der Waals surface area contributed by atoms with Crippen molar-refractivity contribution in [2.24, 2.45) is 4.99 Å². The molecule has 0 atom stereocenters. The fraction of sp³-hybridized carbons (Fsp3) is 0.300. The van der Waals surface area contributed by atoms with E-state index in [4.69, 9.17) is 11.6 Å². The number of hydrazine groups is 1. The van der Waals surface area contributed by atoms with Crippen LogP contribution in [0.3, 0.4) is 0 Å². The predicted octanol–water partition coefficient (Wildman–Crippen LogP) is 2.31. The average Bonchev–Trinajstić information content (AvgIpc) is 2.70. The highest BCUT2D eigenvalue weighted by Gasteiger charge is 2.03. The molecule has 0 aromatic heterocycles. The summed E-state index contributed by atoms with van der Waals surface area (Å²) in [6, 6.07) is 7.83. The van der Waals surface area contributed by atoms with Gasteiger partial charge in [-0.3, -0.25) is 10.0 Å². The Bertz CT molecular complexity index is 326. The van der Waals surface area contributed by atoms with E-state index in [1.54, 1.807) is 0 Å². The molecule has 0 amide bonds. The molecule has 5 heteroatoms. The zero-order valence-electron chi connectivity index (χ0n) is 8.19. The van der Waals surface area contributed by atoms with Gasteiger partial charge in [0.1, 0.15) is 0 Å². The number of hydrogen-bond donors (Lipinski definition) is 1. The highest BCUT2D eigenvalue weighted by Crippen LogP contribution is 2.09. The van der Waals surface area contributed by atoms with Crippen LogP contribution >= 0.6 is 35.6 Å². The number of aliphatic imine (C=N–C) groups is 1. The van der Waals surface area contributed by atoms with Gasteiger partial charge in [0, 0.05) is 11.6 Å². The second-order valence-electron chi connectivity index (χ2n) is 3.18. The fourth-order valence-corrected chi connectivity index (χ4v) is 1.42. The monoisotopic (exact) mass is 337 g/mol. The summed E-state index contributed by atoms with van der Waals surface area (Å²) >= 11 is 5.79. The van der Waals surface area contributed by atoms with Gasteiger partial charge in [0.2, 0.25) is 0 Å². The van der Waals surface area contributed by atoms with Crippen LogP contribution in [0.1, 0.15) is 5.56 Å². The molecule has 1 aliphatic heterocycles. The molecule has 0 aliphatic carbocycles. The van der Waals surface area contributed by atoms with E-state index in [2.05, 4.69) is 10.4 Å². The minimum atomic E-state index is 0. The van der Waals surface area contributed by atoms with Gasteiger partial charge in [-0.25, -0.2) is 5.43 Å². The van der Waals surface area contributed by atoms with E-state index in [9.17, 15) is 0 Å². The van der Waals surface area contributed by atoms with Crippen LogP contribution in [-0.4, -0.2) is 24.4 Å². The number of rotatable bonds is 3. The van der Waals surface area contributed by atoms with Crippen LogP contribution < -0.4 is 5.43 Å².